The van der Waals surface area contributed by atoms with Crippen molar-refractivity contribution in [2.45, 2.75) is 53.4 Å². The number of halogens is 1. The third-order valence-electron chi connectivity index (χ3n) is 4.84. The molecule has 1 unspecified atom stereocenters. The summed E-state index contributed by atoms with van der Waals surface area (Å²) in [5.41, 5.74) is 0.369. The molecular weight excluding hydrogens is 413 g/mol. The summed E-state index contributed by atoms with van der Waals surface area (Å²) in [6, 6.07) is 4.76. The molecule has 2 N–H and O–H groups in total. The Labute approximate surface area is 177 Å². The highest BCUT2D eigenvalue weighted by Gasteiger charge is 2.31. The van der Waals surface area contributed by atoms with Gasteiger partial charge in [-0.15, -0.1) is 0 Å². The molecule has 160 valence electrons. The second-order valence-corrected chi connectivity index (χ2v) is 9.12. The van der Waals surface area contributed by atoms with Gasteiger partial charge in [-0.05, 0) is 30.9 Å². The number of benzene rings is 1. The fourth-order valence-corrected chi connectivity index (χ4v) is 4.38. The van der Waals surface area contributed by atoms with Gasteiger partial charge in [0, 0.05) is 16.8 Å². The van der Waals surface area contributed by atoms with Crippen molar-refractivity contribution in [1.82, 2.24) is 4.34 Å². The summed E-state index contributed by atoms with van der Waals surface area (Å²) in [4.78, 5) is 45.8. The van der Waals surface area contributed by atoms with Gasteiger partial charge in [-0.1, -0.05) is 57.7 Å². The summed E-state index contributed by atoms with van der Waals surface area (Å²) >= 11 is 6.07. The summed E-state index contributed by atoms with van der Waals surface area (Å²) < 4.78 is 6.17. The second-order valence-electron chi connectivity index (χ2n) is 7.74. The Morgan fingerprint density at radius 3 is 2.48 bits per heavy atom. The summed E-state index contributed by atoms with van der Waals surface area (Å²) in [5, 5.41) is 0.831. The molecule has 6 nitrogen and oxygen atoms in total. The molecule has 0 amide bonds. The Hall–Kier alpha value is -1.46. The average molecular weight is 442 g/mol. The van der Waals surface area contributed by atoms with E-state index in [0.717, 1.165) is 23.6 Å². The van der Waals surface area contributed by atoms with Crippen LogP contribution < -0.4 is 0 Å². The Morgan fingerprint density at radius 1 is 1.21 bits per heavy atom. The Morgan fingerprint density at radius 2 is 1.90 bits per heavy atom. The minimum Gasteiger partial charge on any atom is -0.461 e. The van der Waals surface area contributed by atoms with Crippen molar-refractivity contribution >= 4 is 42.8 Å². The minimum absolute atomic E-state index is 0.106. The number of aromatic nitrogens is 1. The van der Waals surface area contributed by atoms with Gasteiger partial charge in [0.25, 0.3) is 8.53 Å². The number of carbonyl (C=O) groups is 2. The largest absolute Gasteiger partial charge is 0.461 e. The van der Waals surface area contributed by atoms with Gasteiger partial charge in [-0.25, -0.2) is 4.79 Å². The van der Waals surface area contributed by atoms with E-state index in [4.69, 9.17) is 16.3 Å². The maximum Gasteiger partial charge on any atom is 0.356 e. The van der Waals surface area contributed by atoms with Gasteiger partial charge < -0.3 is 14.5 Å². The standard InChI is InChI=1S/C21H29ClNO5P/c1-5-28-21(25)20-19(18(24)11-14(4)8-6-7-13(2)3)16-10-9-15(22)12-17(16)23(20)29(26)27/h9-10,12-14,26-27H,5-8,11H2,1-4H3. The number of rotatable bonds is 10. The Kier molecular flexibility index (Phi) is 8.65. The van der Waals surface area contributed by atoms with E-state index in [2.05, 4.69) is 13.8 Å². The molecule has 1 aromatic carbocycles. The number of nitrogens with zero attached hydrogens (tertiary/aromatic N) is 1. The smallest absolute Gasteiger partial charge is 0.356 e. The molecule has 0 aliphatic carbocycles. The van der Waals surface area contributed by atoms with Gasteiger partial charge in [0.2, 0.25) is 0 Å². The molecule has 0 saturated heterocycles. The van der Waals surface area contributed by atoms with Crippen molar-refractivity contribution in [2.24, 2.45) is 11.8 Å². The van der Waals surface area contributed by atoms with Crippen LogP contribution in [0, 0.1) is 11.8 Å². The van der Waals surface area contributed by atoms with Crippen LogP contribution in [-0.4, -0.2) is 32.5 Å². The van der Waals surface area contributed by atoms with Crippen molar-refractivity contribution in [3.8, 4) is 0 Å². The highest BCUT2D eigenvalue weighted by atomic mass is 35.5. The first-order valence-corrected chi connectivity index (χ1v) is 11.5. The minimum atomic E-state index is -2.71. The molecule has 0 aliphatic heterocycles. The normalized spacial score (nSPS) is 12.7. The molecule has 0 radical (unpaired) electrons. The predicted molar refractivity (Wildman–Crippen MR) is 116 cm³/mol. The number of ketones is 1. The van der Waals surface area contributed by atoms with Crippen molar-refractivity contribution in [2.75, 3.05) is 6.61 Å². The quantitative estimate of drug-likeness (QED) is 0.286. The number of esters is 1. The maximum absolute atomic E-state index is 13.2. The highest BCUT2D eigenvalue weighted by molar-refractivity contribution is 7.43. The zero-order valence-electron chi connectivity index (χ0n) is 17.3. The predicted octanol–water partition coefficient (Wildman–Crippen LogP) is 5.57. The number of ether oxygens (including phenoxy) is 1. The van der Waals surface area contributed by atoms with E-state index in [0.29, 0.717) is 21.8 Å². The average Bonchev–Trinajstić information content (AvgIpc) is 2.96. The molecule has 0 saturated carbocycles. The lowest BCUT2D eigenvalue weighted by atomic mass is 9.92. The second kappa shape index (κ2) is 10.5. The summed E-state index contributed by atoms with van der Waals surface area (Å²) in [5.74, 6) is -0.213. The van der Waals surface area contributed by atoms with E-state index in [9.17, 15) is 19.4 Å². The van der Waals surface area contributed by atoms with Gasteiger partial charge in [-0.2, -0.15) is 0 Å². The first kappa shape index (κ1) is 23.8. The SMILES string of the molecule is CCOC(=O)c1c(C(=O)CC(C)CCCC(C)C)c2ccc(Cl)cc2n1P(O)O. The number of hydrogen-bond acceptors (Lipinski definition) is 5. The highest BCUT2D eigenvalue weighted by Crippen LogP contribution is 2.40. The van der Waals surface area contributed by atoms with Gasteiger partial charge in [0.15, 0.2) is 5.78 Å². The van der Waals surface area contributed by atoms with Gasteiger partial charge in [0.1, 0.15) is 5.69 Å². The van der Waals surface area contributed by atoms with E-state index < -0.39 is 14.5 Å². The first-order valence-electron chi connectivity index (χ1n) is 9.89. The summed E-state index contributed by atoms with van der Waals surface area (Å²) in [7, 11) is -2.71. The molecule has 2 rings (SSSR count). The lowest BCUT2D eigenvalue weighted by molar-refractivity contribution is 0.0514. The molecule has 1 aromatic heterocycles. The third kappa shape index (κ3) is 5.79. The zero-order valence-corrected chi connectivity index (χ0v) is 19.0. The number of Topliss-reactive ketones (excluding diaryl/α,β-unsaturated/α-hetero) is 1. The lowest BCUT2D eigenvalue weighted by Crippen LogP contribution is -2.16. The summed E-state index contributed by atoms with van der Waals surface area (Å²) in [6.07, 6.45) is 3.31. The Bertz CT molecular complexity index is 878. The molecule has 1 atom stereocenters. The molecule has 0 spiro atoms. The van der Waals surface area contributed by atoms with Crippen LogP contribution in [0.2, 0.25) is 5.02 Å². The van der Waals surface area contributed by atoms with Crippen molar-refractivity contribution < 1.29 is 24.1 Å². The van der Waals surface area contributed by atoms with Crippen LogP contribution in [-0.2, 0) is 4.74 Å². The van der Waals surface area contributed by atoms with Crippen LogP contribution >= 0.6 is 20.1 Å². The summed E-state index contributed by atoms with van der Waals surface area (Å²) in [6.45, 7) is 8.12. The monoisotopic (exact) mass is 441 g/mol. The van der Waals surface area contributed by atoms with Crippen LogP contribution in [0.1, 0.15) is 74.2 Å². The molecule has 29 heavy (non-hydrogen) atoms. The van der Waals surface area contributed by atoms with Gasteiger partial charge in [0.05, 0.1) is 17.7 Å². The van der Waals surface area contributed by atoms with Crippen LogP contribution in [0.3, 0.4) is 0 Å². The van der Waals surface area contributed by atoms with Crippen molar-refractivity contribution in [1.29, 1.82) is 0 Å². The Balaban J connectivity index is 2.48. The van der Waals surface area contributed by atoms with E-state index in [1.54, 1.807) is 19.1 Å². The number of hydrogen-bond donors (Lipinski definition) is 2. The van der Waals surface area contributed by atoms with Crippen LogP contribution in [0.15, 0.2) is 18.2 Å². The fraction of sp³-hybridized carbons (Fsp3) is 0.524. The molecular formula is C21H29ClNO5P. The third-order valence-corrected chi connectivity index (χ3v) is 5.85. The molecule has 8 heteroatoms. The number of carbonyl (C=O) groups excluding carboxylic acids is 2. The topological polar surface area (TPSA) is 88.8 Å². The van der Waals surface area contributed by atoms with Gasteiger partial charge >= 0.3 is 5.97 Å². The van der Waals surface area contributed by atoms with E-state index in [-0.39, 0.29) is 36.0 Å². The van der Waals surface area contributed by atoms with E-state index in [1.807, 2.05) is 6.92 Å². The molecule has 0 bridgehead atoms. The first-order chi connectivity index (χ1) is 13.7. The molecule has 2 aromatic rings. The van der Waals surface area contributed by atoms with E-state index in [1.165, 1.54) is 6.07 Å². The van der Waals surface area contributed by atoms with Crippen LogP contribution in [0.25, 0.3) is 10.9 Å². The van der Waals surface area contributed by atoms with Crippen molar-refractivity contribution in [3.05, 3.63) is 34.5 Å². The molecule has 1 heterocycles. The number of fused-ring (bicyclic) bond motifs is 1. The van der Waals surface area contributed by atoms with E-state index >= 15 is 0 Å². The maximum atomic E-state index is 13.2. The fourth-order valence-electron chi connectivity index (χ4n) is 3.50. The lowest BCUT2D eigenvalue weighted by Gasteiger charge is -2.13. The molecule has 0 fully saturated rings. The zero-order chi connectivity index (χ0) is 21.7. The van der Waals surface area contributed by atoms with Crippen LogP contribution in [0.4, 0.5) is 0 Å². The van der Waals surface area contributed by atoms with Crippen molar-refractivity contribution in [3.63, 3.8) is 0 Å². The molecule has 0 aliphatic rings. The van der Waals surface area contributed by atoms with Gasteiger partial charge in [-0.3, -0.25) is 9.13 Å². The van der Waals surface area contributed by atoms with Crippen LogP contribution in [0.5, 0.6) is 0 Å².